The Morgan fingerprint density at radius 2 is 2.24 bits per heavy atom. The number of nitrogens with zero attached hydrogens (tertiary/aromatic N) is 1. The molecule has 1 rings (SSSR count). The normalized spacial score (nSPS) is 10.2. The van der Waals surface area contributed by atoms with E-state index in [4.69, 9.17) is 9.84 Å². The predicted molar refractivity (Wildman–Crippen MR) is 66.1 cm³/mol. The molecule has 0 aliphatic rings. The van der Waals surface area contributed by atoms with E-state index >= 15 is 0 Å². The topological polar surface area (TPSA) is 49.8 Å². The van der Waals surface area contributed by atoms with Crippen LogP contribution in [0.5, 0.6) is 5.75 Å². The molecule has 1 aromatic carbocycles. The third-order valence-electron chi connectivity index (χ3n) is 2.33. The Labute approximate surface area is 101 Å². The molecule has 92 valence electrons. The third kappa shape index (κ3) is 4.28. The first-order valence-corrected chi connectivity index (χ1v) is 5.34. The van der Waals surface area contributed by atoms with Crippen LogP contribution in [0.3, 0.4) is 0 Å². The average molecular weight is 235 g/mol. The van der Waals surface area contributed by atoms with Gasteiger partial charge in [0.05, 0.1) is 13.7 Å². The van der Waals surface area contributed by atoms with Crippen molar-refractivity contribution in [3.8, 4) is 5.75 Å². The van der Waals surface area contributed by atoms with Crippen LogP contribution < -0.4 is 4.74 Å². The van der Waals surface area contributed by atoms with Gasteiger partial charge in [-0.15, -0.1) is 6.58 Å². The number of ether oxygens (including phenoxy) is 1. The summed E-state index contributed by atoms with van der Waals surface area (Å²) < 4.78 is 5.23. The first-order valence-electron chi connectivity index (χ1n) is 5.34. The van der Waals surface area contributed by atoms with Gasteiger partial charge in [-0.25, -0.2) is 0 Å². The van der Waals surface area contributed by atoms with Crippen molar-refractivity contribution in [1.29, 1.82) is 0 Å². The van der Waals surface area contributed by atoms with Gasteiger partial charge in [0.2, 0.25) is 0 Å². The van der Waals surface area contributed by atoms with Crippen LogP contribution in [0.2, 0.25) is 0 Å². The molecule has 0 bridgehead atoms. The molecule has 0 atom stereocenters. The van der Waals surface area contributed by atoms with Crippen LogP contribution in [-0.2, 0) is 11.3 Å². The van der Waals surface area contributed by atoms with Gasteiger partial charge in [-0.05, 0) is 6.07 Å². The van der Waals surface area contributed by atoms with E-state index < -0.39 is 5.97 Å². The lowest BCUT2D eigenvalue weighted by Crippen LogP contribution is -2.29. The van der Waals surface area contributed by atoms with E-state index in [-0.39, 0.29) is 6.54 Å². The van der Waals surface area contributed by atoms with E-state index in [1.807, 2.05) is 24.3 Å². The van der Waals surface area contributed by atoms with Crippen LogP contribution >= 0.6 is 0 Å². The number of hydrogen-bond donors (Lipinski definition) is 1. The number of carboxylic acid groups (broad SMARTS) is 1. The number of para-hydroxylation sites is 1. The van der Waals surface area contributed by atoms with Gasteiger partial charge in [-0.1, -0.05) is 24.3 Å². The van der Waals surface area contributed by atoms with Crippen molar-refractivity contribution >= 4 is 5.97 Å². The largest absolute Gasteiger partial charge is 0.496 e. The summed E-state index contributed by atoms with van der Waals surface area (Å²) in [7, 11) is 1.61. The standard InChI is InChI=1S/C13H17NO3/c1-3-8-14(10-13(15)16)9-11-6-4-5-7-12(11)17-2/h3-7H,1,8-10H2,2H3,(H,15,16). The third-order valence-corrected chi connectivity index (χ3v) is 2.33. The minimum absolute atomic E-state index is 0.00985. The number of benzene rings is 1. The molecule has 0 aromatic heterocycles. The van der Waals surface area contributed by atoms with Gasteiger partial charge < -0.3 is 9.84 Å². The number of hydrogen-bond acceptors (Lipinski definition) is 3. The molecule has 0 spiro atoms. The molecule has 0 aliphatic heterocycles. The molecule has 0 heterocycles. The summed E-state index contributed by atoms with van der Waals surface area (Å²) in [6.07, 6.45) is 1.69. The van der Waals surface area contributed by atoms with Crippen LogP contribution in [-0.4, -0.2) is 36.2 Å². The quantitative estimate of drug-likeness (QED) is 0.732. The van der Waals surface area contributed by atoms with Gasteiger partial charge in [-0.2, -0.15) is 0 Å². The Hall–Kier alpha value is -1.81. The van der Waals surface area contributed by atoms with E-state index in [2.05, 4.69) is 6.58 Å². The van der Waals surface area contributed by atoms with E-state index in [0.29, 0.717) is 13.1 Å². The van der Waals surface area contributed by atoms with E-state index in [1.165, 1.54) is 0 Å². The summed E-state index contributed by atoms with van der Waals surface area (Å²) in [5.74, 6) is -0.0753. The van der Waals surface area contributed by atoms with E-state index in [9.17, 15) is 4.79 Å². The predicted octanol–water partition coefficient (Wildman–Crippen LogP) is 1.77. The van der Waals surface area contributed by atoms with Crippen LogP contribution in [0.1, 0.15) is 5.56 Å². The molecule has 0 saturated heterocycles. The molecule has 1 aromatic rings. The summed E-state index contributed by atoms with van der Waals surface area (Å²) in [5.41, 5.74) is 0.970. The highest BCUT2D eigenvalue weighted by Gasteiger charge is 2.11. The Bertz CT molecular complexity index is 390. The van der Waals surface area contributed by atoms with Crippen molar-refractivity contribution in [2.75, 3.05) is 20.2 Å². The summed E-state index contributed by atoms with van der Waals surface area (Å²) >= 11 is 0. The van der Waals surface area contributed by atoms with Crippen molar-refractivity contribution in [3.63, 3.8) is 0 Å². The van der Waals surface area contributed by atoms with E-state index in [1.54, 1.807) is 18.1 Å². The molecule has 0 fully saturated rings. The number of carbonyl (C=O) groups is 1. The zero-order valence-electron chi connectivity index (χ0n) is 9.93. The first-order chi connectivity index (χ1) is 8.17. The van der Waals surface area contributed by atoms with Crippen LogP contribution in [0.4, 0.5) is 0 Å². The SMILES string of the molecule is C=CCN(CC(=O)O)Cc1ccccc1OC. The van der Waals surface area contributed by atoms with Gasteiger partial charge in [-0.3, -0.25) is 9.69 Å². The summed E-state index contributed by atoms with van der Waals surface area (Å²) in [4.78, 5) is 12.5. The Morgan fingerprint density at radius 1 is 1.53 bits per heavy atom. The number of rotatable bonds is 7. The van der Waals surface area contributed by atoms with Gasteiger partial charge in [0.15, 0.2) is 0 Å². The minimum atomic E-state index is -0.846. The Kier molecular flexibility index (Phi) is 5.23. The Morgan fingerprint density at radius 3 is 2.82 bits per heavy atom. The fourth-order valence-electron chi connectivity index (χ4n) is 1.63. The average Bonchev–Trinajstić information content (AvgIpc) is 2.29. The number of carboxylic acids is 1. The molecule has 0 amide bonds. The second kappa shape index (κ2) is 6.70. The highest BCUT2D eigenvalue weighted by atomic mass is 16.5. The maximum absolute atomic E-state index is 10.7. The first kappa shape index (κ1) is 13.3. The van der Waals surface area contributed by atoms with Crippen molar-refractivity contribution in [2.24, 2.45) is 0 Å². The molecule has 4 nitrogen and oxygen atoms in total. The van der Waals surface area contributed by atoms with Crippen molar-refractivity contribution in [3.05, 3.63) is 42.5 Å². The van der Waals surface area contributed by atoms with Crippen LogP contribution in [0.15, 0.2) is 36.9 Å². The van der Waals surface area contributed by atoms with Gasteiger partial charge in [0, 0.05) is 18.7 Å². The highest BCUT2D eigenvalue weighted by molar-refractivity contribution is 5.69. The molecular weight excluding hydrogens is 218 g/mol. The van der Waals surface area contributed by atoms with Crippen molar-refractivity contribution in [2.45, 2.75) is 6.54 Å². The molecule has 0 unspecified atom stereocenters. The maximum atomic E-state index is 10.7. The second-order valence-electron chi connectivity index (χ2n) is 3.66. The van der Waals surface area contributed by atoms with Gasteiger partial charge in [0.25, 0.3) is 0 Å². The second-order valence-corrected chi connectivity index (χ2v) is 3.66. The summed E-state index contributed by atoms with van der Waals surface area (Å²) in [5, 5.41) is 8.81. The monoisotopic (exact) mass is 235 g/mol. The molecular formula is C13H17NO3. The van der Waals surface area contributed by atoms with Gasteiger partial charge >= 0.3 is 5.97 Å². The zero-order valence-corrected chi connectivity index (χ0v) is 9.93. The van der Waals surface area contributed by atoms with Gasteiger partial charge in [0.1, 0.15) is 5.75 Å². The lowest BCUT2D eigenvalue weighted by atomic mass is 10.2. The summed E-state index contributed by atoms with van der Waals surface area (Å²) in [6, 6.07) is 7.58. The molecule has 1 N–H and O–H groups in total. The van der Waals surface area contributed by atoms with Crippen molar-refractivity contribution < 1.29 is 14.6 Å². The Balaban J connectivity index is 2.77. The van der Waals surface area contributed by atoms with Crippen LogP contribution in [0, 0.1) is 0 Å². The lowest BCUT2D eigenvalue weighted by Gasteiger charge is -2.19. The highest BCUT2D eigenvalue weighted by Crippen LogP contribution is 2.18. The molecule has 0 saturated carbocycles. The summed E-state index contributed by atoms with van der Waals surface area (Å²) in [6.45, 7) is 4.68. The fourth-order valence-corrected chi connectivity index (χ4v) is 1.63. The maximum Gasteiger partial charge on any atom is 0.317 e. The number of aliphatic carboxylic acids is 1. The fraction of sp³-hybridized carbons (Fsp3) is 0.308. The molecule has 0 radical (unpaired) electrons. The molecule has 0 aliphatic carbocycles. The van der Waals surface area contributed by atoms with E-state index in [0.717, 1.165) is 11.3 Å². The van der Waals surface area contributed by atoms with Crippen molar-refractivity contribution in [1.82, 2.24) is 4.90 Å². The number of methoxy groups -OCH3 is 1. The molecule has 17 heavy (non-hydrogen) atoms. The smallest absolute Gasteiger partial charge is 0.317 e. The lowest BCUT2D eigenvalue weighted by molar-refractivity contribution is -0.138. The molecule has 4 heteroatoms. The van der Waals surface area contributed by atoms with Crippen LogP contribution in [0.25, 0.3) is 0 Å². The minimum Gasteiger partial charge on any atom is -0.496 e. The zero-order chi connectivity index (χ0) is 12.7.